The van der Waals surface area contributed by atoms with Crippen molar-refractivity contribution in [1.29, 1.82) is 0 Å². The monoisotopic (exact) mass is 283 g/mol. The van der Waals surface area contributed by atoms with Crippen LogP contribution in [0.15, 0.2) is 16.9 Å². The third-order valence-electron chi connectivity index (χ3n) is 2.59. The van der Waals surface area contributed by atoms with Crippen molar-refractivity contribution in [3.63, 3.8) is 0 Å². The van der Waals surface area contributed by atoms with Gasteiger partial charge < -0.3 is 14.7 Å². The van der Waals surface area contributed by atoms with Gasteiger partial charge in [0.15, 0.2) is 0 Å². The van der Waals surface area contributed by atoms with Crippen molar-refractivity contribution >= 4 is 11.9 Å². The van der Waals surface area contributed by atoms with Gasteiger partial charge in [-0.05, 0) is 13.0 Å². The smallest absolute Gasteiger partial charge is 0.323 e. The Hall–Kier alpha value is -2.22. The van der Waals surface area contributed by atoms with E-state index in [9.17, 15) is 14.4 Å². The van der Waals surface area contributed by atoms with Gasteiger partial charge in [0.2, 0.25) is 0 Å². The van der Waals surface area contributed by atoms with Gasteiger partial charge in [-0.3, -0.25) is 14.4 Å². The summed E-state index contributed by atoms with van der Waals surface area (Å²) in [5, 5.41) is 12.7. The average Bonchev–Trinajstić information content (AvgIpc) is 2.43. The second-order valence-electron chi connectivity index (χ2n) is 3.99. The van der Waals surface area contributed by atoms with Gasteiger partial charge >= 0.3 is 5.97 Å². The first-order chi connectivity index (χ1) is 9.49. The Kier molecular flexibility index (Phi) is 5.85. The van der Waals surface area contributed by atoms with E-state index in [-0.39, 0.29) is 30.9 Å². The maximum Gasteiger partial charge on any atom is 0.323 e. The molecular formula is C12H17N3O5. The molecule has 8 nitrogen and oxygen atoms in total. The average molecular weight is 283 g/mol. The van der Waals surface area contributed by atoms with Crippen LogP contribution in [0.4, 0.5) is 0 Å². The summed E-state index contributed by atoms with van der Waals surface area (Å²) in [7, 11) is 1.49. The standard InChI is InChI=1S/C12H17N3O5/c1-3-14(8-11(17)18)12(19)9-4-5-10(16)15(13-9)6-7-20-2/h4-5H,3,6-8H2,1-2H3,(H,17,18). The Bertz CT molecular complexity index is 540. The summed E-state index contributed by atoms with van der Waals surface area (Å²) < 4.78 is 5.97. The predicted molar refractivity (Wildman–Crippen MR) is 69.6 cm³/mol. The molecule has 0 saturated heterocycles. The fraction of sp³-hybridized carbons (Fsp3) is 0.500. The SMILES string of the molecule is CCN(CC(=O)O)C(=O)c1ccc(=O)n(CCOC)n1. The van der Waals surface area contributed by atoms with Crippen LogP contribution in [0, 0.1) is 0 Å². The lowest BCUT2D eigenvalue weighted by Crippen LogP contribution is -2.37. The van der Waals surface area contributed by atoms with Crippen LogP contribution in [0.3, 0.4) is 0 Å². The largest absolute Gasteiger partial charge is 0.480 e. The molecule has 0 aliphatic rings. The van der Waals surface area contributed by atoms with Crippen LogP contribution in [-0.2, 0) is 16.1 Å². The number of aromatic nitrogens is 2. The molecule has 1 aromatic rings. The first kappa shape index (κ1) is 15.8. The molecular weight excluding hydrogens is 266 g/mol. The van der Waals surface area contributed by atoms with E-state index < -0.39 is 18.4 Å². The molecule has 0 atom stereocenters. The summed E-state index contributed by atoms with van der Waals surface area (Å²) in [6, 6.07) is 2.52. The predicted octanol–water partition coefficient (Wildman–Crippen LogP) is -0.564. The lowest BCUT2D eigenvalue weighted by Gasteiger charge is -2.18. The highest BCUT2D eigenvalue weighted by Gasteiger charge is 2.18. The summed E-state index contributed by atoms with van der Waals surface area (Å²) in [6.07, 6.45) is 0. The molecule has 1 amide bonds. The molecule has 1 heterocycles. The van der Waals surface area contributed by atoms with Gasteiger partial charge in [-0.2, -0.15) is 5.10 Å². The topological polar surface area (TPSA) is 102 Å². The first-order valence-electron chi connectivity index (χ1n) is 6.07. The van der Waals surface area contributed by atoms with Crippen molar-refractivity contribution in [3.8, 4) is 0 Å². The molecule has 110 valence electrons. The summed E-state index contributed by atoms with van der Waals surface area (Å²) in [4.78, 5) is 35.5. The number of ether oxygens (including phenoxy) is 1. The minimum atomic E-state index is -1.10. The molecule has 1 N–H and O–H groups in total. The van der Waals surface area contributed by atoms with Gasteiger partial charge in [0.25, 0.3) is 11.5 Å². The first-order valence-corrected chi connectivity index (χ1v) is 6.07. The zero-order valence-electron chi connectivity index (χ0n) is 11.4. The van der Waals surface area contributed by atoms with Crippen LogP contribution in [0.25, 0.3) is 0 Å². The number of carbonyl (C=O) groups is 2. The van der Waals surface area contributed by atoms with Gasteiger partial charge in [-0.1, -0.05) is 0 Å². The highest BCUT2D eigenvalue weighted by atomic mass is 16.5. The molecule has 0 unspecified atom stereocenters. The normalized spacial score (nSPS) is 10.3. The quantitative estimate of drug-likeness (QED) is 0.719. The van der Waals surface area contributed by atoms with E-state index in [1.165, 1.54) is 19.2 Å². The molecule has 1 aromatic heterocycles. The highest BCUT2D eigenvalue weighted by Crippen LogP contribution is 2.00. The number of hydrogen-bond donors (Lipinski definition) is 1. The molecule has 20 heavy (non-hydrogen) atoms. The van der Waals surface area contributed by atoms with E-state index in [0.717, 1.165) is 9.58 Å². The molecule has 0 aliphatic heterocycles. The molecule has 0 bridgehead atoms. The molecule has 8 heteroatoms. The number of hydrogen-bond acceptors (Lipinski definition) is 5. The maximum atomic E-state index is 12.1. The Morgan fingerprint density at radius 1 is 1.45 bits per heavy atom. The number of nitrogens with zero attached hydrogens (tertiary/aromatic N) is 3. The van der Waals surface area contributed by atoms with Crippen LogP contribution in [0.2, 0.25) is 0 Å². The van der Waals surface area contributed by atoms with Crippen LogP contribution in [-0.4, -0.2) is 58.5 Å². The third kappa shape index (κ3) is 4.16. The zero-order chi connectivity index (χ0) is 15.1. The fourth-order valence-electron chi connectivity index (χ4n) is 1.55. The number of carboxylic acids is 1. The van der Waals surface area contributed by atoms with Gasteiger partial charge in [0.05, 0.1) is 13.2 Å². The Morgan fingerprint density at radius 3 is 2.70 bits per heavy atom. The molecule has 0 radical (unpaired) electrons. The van der Waals surface area contributed by atoms with Gasteiger partial charge in [-0.25, -0.2) is 4.68 Å². The van der Waals surface area contributed by atoms with Crippen LogP contribution in [0.1, 0.15) is 17.4 Å². The molecule has 0 saturated carbocycles. The minimum absolute atomic E-state index is 0.0313. The summed E-state index contributed by atoms with van der Waals surface area (Å²) >= 11 is 0. The lowest BCUT2D eigenvalue weighted by atomic mass is 10.3. The number of carboxylic acid groups (broad SMARTS) is 1. The second-order valence-corrected chi connectivity index (χ2v) is 3.99. The van der Waals surface area contributed by atoms with E-state index in [1.807, 2.05) is 0 Å². The maximum absolute atomic E-state index is 12.1. The van der Waals surface area contributed by atoms with Crippen LogP contribution >= 0.6 is 0 Å². The van der Waals surface area contributed by atoms with Gasteiger partial charge in [0.1, 0.15) is 12.2 Å². The van der Waals surface area contributed by atoms with E-state index >= 15 is 0 Å². The number of carbonyl (C=O) groups excluding carboxylic acids is 1. The van der Waals surface area contributed by atoms with E-state index in [0.29, 0.717) is 0 Å². The van der Waals surface area contributed by atoms with Gasteiger partial charge in [-0.15, -0.1) is 0 Å². The van der Waals surface area contributed by atoms with Gasteiger partial charge in [0, 0.05) is 19.7 Å². The van der Waals surface area contributed by atoms with Crippen molar-refractivity contribution < 1.29 is 19.4 Å². The summed E-state index contributed by atoms with van der Waals surface area (Å²) in [6.45, 7) is 2.01. The Labute approximate surface area is 115 Å². The number of methoxy groups -OCH3 is 1. The molecule has 0 spiro atoms. The minimum Gasteiger partial charge on any atom is -0.480 e. The van der Waals surface area contributed by atoms with E-state index in [2.05, 4.69) is 5.10 Å². The molecule has 0 aliphatic carbocycles. The van der Waals surface area contributed by atoms with E-state index in [1.54, 1.807) is 6.92 Å². The molecule has 0 fully saturated rings. The summed E-state index contributed by atoms with van der Waals surface area (Å²) in [5.74, 6) is -1.63. The van der Waals surface area contributed by atoms with Crippen molar-refractivity contribution in [2.24, 2.45) is 0 Å². The number of amides is 1. The van der Waals surface area contributed by atoms with Crippen LogP contribution < -0.4 is 5.56 Å². The van der Waals surface area contributed by atoms with E-state index in [4.69, 9.17) is 9.84 Å². The number of rotatable bonds is 7. The lowest BCUT2D eigenvalue weighted by molar-refractivity contribution is -0.137. The Balaban J connectivity index is 2.97. The van der Waals surface area contributed by atoms with Crippen molar-refractivity contribution in [2.45, 2.75) is 13.5 Å². The zero-order valence-corrected chi connectivity index (χ0v) is 11.4. The van der Waals surface area contributed by atoms with Crippen molar-refractivity contribution in [3.05, 3.63) is 28.2 Å². The Morgan fingerprint density at radius 2 is 2.15 bits per heavy atom. The number of aliphatic carboxylic acids is 1. The fourth-order valence-corrected chi connectivity index (χ4v) is 1.55. The second kappa shape index (κ2) is 7.39. The molecule has 0 aromatic carbocycles. The highest BCUT2D eigenvalue weighted by molar-refractivity contribution is 5.93. The molecule has 1 rings (SSSR count). The third-order valence-corrected chi connectivity index (χ3v) is 2.59. The van der Waals surface area contributed by atoms with Crippen molar-refractivity contribution in [1.82, 2.24) is 14.7 Å². The number of likely N-dealkylation sites (N-methyl/N-ethyl adjacent to an activating group) is 1. The van der Waals surface area contributed by atoms with Crippen molar-refractivity contribution in [2.75, 3.05) is 26.8 Å². The summed E-state index contributed by atoms with van der Waals surface area (Å²) in [5.41, 5.74) is -0.316. The van der Waals surface area contributed by atoms with Crippen LogP contribution in [0.5, 0.6) is 0 Å².